The van der Waals surface area contributed by atoms with Crippen LogP contribution in [0, 0.1) is 11.6 Å². The molecule has 1 aromatic heterocycles. The Morgan fingerprint density at radius 2 is 1.92 bits per heavy atom. The third-order valence-corrected chi connectivity index (χ3v) is 3.33. The molecule has 1 heterocycles. The molecule has 0 radical (unpaired) electrons. The molecule has 7 heteroatoms. The first kappa shape index (κ1) is 16.4. The Morgan fingerprint density at radius 1 is 1.12 bits per heavy atom. The Hall–Kier alpha value is -3.48. The number of amides is 1. The van der Waals surface area contributed by atoms with Crippen molar-refractivity contribution in [1.29, 1.82) is 0 Å². The van der Waals surface area contributed by atoms with E-state index in [9.17, 15) is 18.7 Å². The van der Waals surface area contributed by atoms with Gasteiger partial charge in [0.05, 0.1) is 11.8 Å². The van der Waals surface area contributed by atoms with Gasteiger partial charge in [-0.2, -0.15) is 5.10 Å². The van der Waals surface area contributed by atoms with Crippen molar-refractivity contribution < 1.29 is 23.1 Å². The number of carbonyl (C=O) groups excluding carboxylic acids is 1. The van der Waals surface area contributed by atoms with E-state index in [0.29, 0.717) is 5.56 Å². The monoisotopic (exact) mass is 342 g/mol. The summed E-state index contributed by atoms with van der Waals surface area (Å²) in [5.41, 5.74) is 2.70. The molecule has 0 bridgehead atoms. The highest BCUT2D eigenvalue weighted by Crippen LogP contribution is 2.25. The topological polar surface area (TPSA) is 74.8 Å². The second-order valence-corrected chi connectivity index (χ2v) is 5.05. The van der Waals surface area contributed by atoms with Gasteiger partial charge in [-0.15, -0.1) is 0 Å². The van der Waals surface area contributed by atoms with E-state index >= 15 is 0 Å². The van der Waals surface area contributed by atoms with E-state index in [2.05, 4.69) is 10.5 Å². The molecule has 126 valence electrons. The number of carbonyl (C=O) groups is 1. The van der Waals surface area contributed by atoms with Gasteiger partial charge in [-0.3, -0.25) is 4.79 Å². The first-order chi connectivity index (χ1) is 12.0. The van der Waals surface area contributed by atoms with Gasteiger partial charge in [-0.1, -0.05) is 12.1 Å². The number of nitrogens with zero attached hydrogens (tertiary/aromatic N) is 1. The average molecular weight is 342 g/mol. The predicted octanol–water partition coefficient (Wildman–Crippen LogP) is 3.69. The highest BCUT2D eigenvalue weighted by atomic mass is 19.1. The van der Waals surface area contributed by atoms with Crippen molar-refractivity contribution in [3.8, 4) is 17.1 Å². The Kier molecular flexibility index (Phi) is 4.56. The number of benzene rings is 2. The molecule has 0 aliphatic rings. The molecule has 0 aliphatic carbocycles. The summed E-state index contributed by atoms with van der Waals surface area (Å²) < 4.78 is 31.9. The van der Waals surface area contributed by atoms with E-state index in [1.54, 1.807) is 18.2 Å². The number of hydrogen-bond donors (Lipinski definition) is 2. The molecule has 0 aliphatic heterocycles. The summed E-state index contributed by atoms with van der Waals surface area (Å²) in [6, 6.07) is 12.3. The molecule has 2 aromatic carbocycles. The number of halogens is 2. The molecule has 2 N–H and O–H groups in total. The van der Waals surface area contributed by atoms with Crippen LogP contribution in [0.3, 0.4) is 0 Å². The van der Waals surface area contributed by atoms with Gasteiger partial charge in [0.15, 0.2) is 5.76 Å². The summed E-state index contributed by atoms with van der Waals surface area (Å²) in [7, 11) is 0. The molecule has 3 aromatic rings. The third kappa shape index (κ3) is 3.72. The van der Waals surface area contributed by atoms with Crippen LogP contribution in [0.1, 0.15) is 16.1 Å². The summed E-state index contributed by atoms with van der Waals surface area (Å²) in [4.78, 5) is 12.0. The summed E-state index contributed by atoms with van der Waals surface area (Å²) in [5.74, 6) is -2.13. The van der Waals surface area contributed by atoms with Crippen molar-refractivity contribution >= 4 is 12.1 Å². The van der Waals surface area contributed by atoms with Crippen molar-refractivity contribution in [2.75, 3.05) is 0 Å². The van der Waals surface area contributed by atoms with E-state index in [-0.39, 0.29) is 22.8 Å². The van der Waals surface area contributed by atoms with Crippen molar-refractivity contribution in [2.24, 2.45) is 5.10 Å². The first-order valence-corrected chi connectivity index (χ1v) is 7.21. The van der Waals surface area contributed by atoms with Gasteiger partial charge in [0.1, 0.15) is 23.1 Å². The summed E-state index contributed by atoms with van der Waals surface area (Å²) in [5, 5.41) is 13.3. The summed E-state index contributed by atoms with van der Waals surface area (Å²) in [6.07, 6.45) is 1.27. The fourth-order valence-electron chi connectivity index (χ4n) is 2.11. The highest BCUT2D eigenvalue weighted by Gasteiger charge is 2.14. The number of phenols is 1. The molecule has 5 nitrogen and oxygen atoms in total. The zero-order chi connectivity index (χ0) is 17.8. The zero-order valence-corrected chi connectivity index (χ0v) is 12.7. The van der Waals surface area contributed by atoms with Crippen LogP contribution < -0.4 is 5.43 Å². The number of furan rings is 1. The smallest absolute Gasteiger partial charge is 0.307 e. The van der Waals surface area contributed by atoms with Gasteiger partial charge in [0.25, 0.3) is 0 Å². The normalized spacial score (nSPS) is 11.0. The molecule has 0 saturated carbocycles. The number of rotatable bonds is 4. The lowest BCUT2D eigenvalue weighted by Gasteiger charge is -2.00. The minimum atomic E-state index is -0.793. The van der Waals surface area contributed by atoms with Crippen molar-refractivity contribution in [2.45, 2.75) is 0 Å². The quantitative estimate of drug-likeness (QED) is 0.561. The number of hydrazone groups is 1. The Labute approximate surface area is 141 Å². The van der Waals surface area contributed by atoms with Crippen LogP contribution in [-0.4, -0.2) is 17.2 Å². The van der Waals surface area contributed by atoms with Gasteiger partial charge in [-0.05, 0) is 36.4 Å². The van der Waals surface area contributed by atoms with E-state index in [4.69, 9.17) is 4.42 Å². The maximum absolute atomic E-state index is 13.7. The number of hydrogen-bond acceptors (Lipinski definition) is 4. The molecule has 0 atom stereocenters. The Balaban J connectivity index is 1.72. The molecule has 0 fully saturated rings. The summed E-state index contributed by atoms with van der Waals surface area (Å²) in [6.45, 7) is 0. The molecule has 0 saturated heterocycles. The van der Waals surface area contributed by atoms with Crippen LogP contribution in [0.2, 0.25) is 0 Å². The molecular formula is C18H12F2N2O3. The van der Waals surface area contributed by atoms with Gasteiger partial charge in [0, 0.05) is 11.6 Å². The van der Waals surface area contributed by atoms with Crippen molar-refractivity contribution in [3.63, 3.8) is 0 Å². The lowest BCUT2D eigenvalue weighted by molar-refractivity contribution is 0.0928. The van der Waals surface area contributed by atoms with E-state index in [1.165, 1.54) is 30.5 Å². The third-order valence-electron chi connectivity index (χ3n) is 3.33. The number of aromatic hydroxyl groups is 1. The Bertz CT molecular complexity index is 951. The lowest BCUT2D eigenvalue weighted by Crippen LogP contribution is -2.16. The van der Waals surface area contributed by atoms with Gasteiger partial charge in [-0.25, -0.2) is 14.2 Å². The Morgan fingerprint density at radius 3 is 2.68 bits per heavy atom. The average Bonchev–Trinajstić information content (AvgIpc) is 3.06. The molecule has 1 amide bonds. The van der Waals surface area contributed by atoms with Crippen LogP contribution in [0.5, 0.6) is 5.75 Å². The van der Waals surface area contributed by atoms with E-state index in [1.807, 2.05) is 0 Å². The van der Waals surface area contributed by atoms with Crippen molar-refractivity contribution in [1.82, 2.24) is 5.43 Å². The minimum absolute atomic E-state index is 0.0209. The molecule has 0 spiro atoms. The zero-order valence-electron chi connectivity index (χ0n) is 12.7. The first-order valence-electron chi connectivity index (χ1n) is 7.21. The SMILES string of the molecule is O=C(N/N=C/c1ccccc1O)c1ccc(-c2ccc(F)cc2F)o1. The number of nitrogens with one attached hydrogen (secondary N) is 1. The lowest BCUT2D eigenvalue weighted by atomic mass is 10.1. The fourth-order valence-corrected chi connectivity index (χ4v) is 2.11. The van der Waals surface area contributed by atoms with Crippen molar-refractivity contribution in [3.05, 3.63) is 77.6 Å². The van der Waals surface area contributed by atoms with Gasteiger partial charge in [0.2, 0.25) is 0 Å². The van der Waals surface area contributed by atoms with Crippen LogP contribution in [0.15, 0.2) is 64.1 Å². The summed E-state index contributed by atoms with van der Waals surface area (Å²) >= 11 is 0. The van der Waals surface area contributed by atoms with Gasteiger partial charge >= 0.3 is 5.91 Å². The number of para-hydroxylation sites is 1. The second-order valence-electron chi connectivity index (χ2n) is 5.05. The van der Waals surface area contributed by atoms with E-state index in [0.717, 1.165) is 12.1 Å². The highest BCUT2D eigenvalue weighted by molar-refractivity contribution is 5.93. The van der Waals surface area contributed by atoms with Crippen LogP contribution in [0.25, 0.3) is 11.3 Å². The van der Waals surface area contributed by atoms with Crippen LogP contribution >= 0.6 is 0 Å². The minimum Gasteiger partial charge on any atom is -0.507 e. The molecule has 0 unspecified atom stereocenters. The number of phenolic OH excluding ortho intramolecular Hbond substituents is 1. The second kappa shape index (κ2) is 6.96. The van der Waals surface area contributed by atoms with Crippen LogP contribution in [-0.2, 0) is 0 Å². The standard InChI is InChI=1S/C18H12F2N2O3/c19-12-5-6-13(14(20)9-12)16-7-8-17(25-16)18(24)22-21-10-11-3-1-2-4-15(11)23/h1-10,23H,(H,22,24)/b21-10+. The molecule has 25 heavy (non-hydrogen) atoms. The van der Waals surface area contributed by atoms with Gasteiger partial charge < -0.3 is 9.52 Å². The molecule has 3 rings (SSSR count). The fraction of sp³-hybridized carbons (Fsp3) is 0. The van der Waals surface area contributed by atoms with E-state index < -0.39 is 17.5 Å². The molecular weight excluding hydrogens is 330 g/mol. The maximum Gasteiger partial charge on any atom is 0.307 e. The van der Waals surface area contributed by atoms with Crippen LogP contribution in [0.4, 0.5) is 8.78 Å². The predicted molar refractivity (Wildman–Crippen MR) is 87.2 cm³/mol. The largest absolute Gasteiger partial charge is 0.507 e. The maximum atomic E-state index is 13.7.